The monoisotopic (exact) mass is 260 g/mol. The highest BCUT2D eigenvalue weighted by atomic mass is 32.2. The van der Waals surface area contributed by atoms with Crippen LogP contribution in [0.4, 0.5) is 0 Å². The van der Waals surface area contributed by atoms with Crippen molar-refractivity contribution >= 4 is 29.1 Å². The van der Waals surface area contributed by atoms with Crippen LogP contribution in [-0.2, 0) is 10.5 Å². The molecule has 0 spiro atoms. The second kappa shape index (κ2) is 5.16. The van der Waals surface area contributed by atoms with Gasteiger partial charge in [-0.25, -0.2) is 4.98 Å². The zero-order valence-electron chi connectivity index (χ0n) is 9.56. The van der Waals surface area contributed by atoms with Crippen molar-refractivity contribution in [1.82, 2.24) is 4.98 Å². The fourth-order valence-electron chi connectivity index (χ4n) is 1.10. The maximum atomic E-state index is 10.8. The largest absolute Gasteiger partial charge is 0.480 e. The number of carboxylic acids is 1. The molecule has 90 valence electrons. The third-order valence-electron chi connectivity index (χ3n) is 2.25. The molecular weight excluding hydrogens is 244 g/mol. The van der Waals surface area contributed by atoms with E-state index in [4.69, 9.17) is 10.8 Å². The molecule has 1 heterocycles. The van der Waals surface area contributed by atoms with E-state index in [9.17, 15) is 4.79 Å². The summed E-state index contributed by atoms with van der Waals surface area (Å²) in [5.74, 6) is -0.264. The highest BCUT2D eigenvalue weighted by Crippen LogP contribution is 2.31. The molecule has 0 bridgehead atoms. The van der Waals surface area contributed by atoms with Gasteiger partial charge in [0.15, 0.2) is 0 Å². The van der Waals surface area contributed by atoms with Crippen LogP contribution in [-0.4, -0.2) is 26.8 Å². The summed E-state index contributed by atoms with van der Waals surface area (Å²) >= 11 is 3.11. The topological polar surface area (TPSA) is 76.2 Å². The zero-order valence-corrected chi connectivity index (χ0v) is 11.2. The standard InChI is InChI=1S/C10H16N2O2S2/c1-6-4-15-7(12-6)5-16-10(2,3)8(11)9(13)14/h4,8H,5,11H2,1-3H3,(H,13,14)/t8-/m0/s1. The molecule has 1 atom stereocenters. The molecule has 0 amide bonds. The number of hydrogen-bond acceptors (Lipinski definition) is 5. The van der Waals surface area contributed by atoms with Gasteiger partial charge >= 0.3 is 5.97 Å². The van der Waals surface area contributed by atoms with E-state index in [2.05, 4.69) is 4.98 Å². The van der Waals surface area contributed by atoms with Crippen LogP contribution in [0, 0.1) is 6.92 Å². The minimum atomic E-state index is -0.965. The molecule has 0 aliphatic rings. The molecule has 6 heteroatoms. The number of carbonyl (C=O) groups is 1. The van der Waals surface area contributed by atoms with Crippen molar-refractivity contribution in [3.05, 3.63) is 16.1 Å². The van der Waals surface area contributed by atoms with Crippen LogP contribution in [0.5, 0.6) is 0 Å². The Hall–Kier alpha value is -0.590. The van der Waals surface area contributed by atoms with E-state index in [-0.39, 0.29) is 0 Å². The van der Waals surface area contributed by atoms with E-state index in [1.54, 1.807) is 11.3 Å². The molecule has 1 aromatic heterocycles. The fourth-order valence-corrected chi connectivity index (χ4v) is 2.95. The highest BCUT2D eigenvalue weighted by Gasteiger charge is 2.32. The Kier molecular flexibility index (Phi) is 4.35. The van der Waals surface area contributed by atoms with Crippen molar-refractivity contribution in [2.24, 2.45) is 5.73 Å². The quantitative estimate of drug-likeness (QED) is 0.845. The van der Waals surface area contributed by atoms with E-state index in [0.29, 0.717) is 5.75 Å². The molecule has 3 N–H and O–H groups in total. The van der Waals surface area contributed by atoms with Crippen molar-refractivity contribution in [2.75, 3.05) is 0 Å². The van der Waals surface area contributed by atoms with Crippen LogP contribution in [0.25, 0.3) is 0 Å². The van der Waals surface area contributed by atoms with Crippen LogP contribution in [0.1, 0.15) is 24.5 Å². The Labute approximate surface area is 103 Å². The van der Waals surface area contributed by atoms with Crippen molar-refractivity contribution in [3.8, 4) is 0 Å². The van der Waals surface area contributed by atoms with Gasteiger partial charge in [-0.05, 0) is 20.8 Å². The molecule has 0 saturated carbocycles. The average Bonchev–Trinajstić information content (AvgIpc) is 2.60. The van der Waals surface area contributed by atoms with Crippen LogP contribution < -0.4 is 5.73 Å². The number of hydrogen-bond donors (Lipinski definition) is 2. The van der Waals surface area contributed by atoms with E-state index >= 15 is 0 Å². The Morgan fingerprint density at radius 3 is 2.81 bits per heavy atom. The minimum absolute atomic E-state index is 0.495. The highest BCUT2D eigenvalue weighted by molar-refractivity contribution is 8.00. The normalized spacial score (nSPS) is 13.8. The molecule has 0 aromatic carbocycles. The molecule has 0 aliphatic carbocycles. The summed E-state index contributed by atoms with van der Waals surface area (Å²) in [6.07, 6.45) is 0. The van der Waals surface area contributed by atoms with E-state index in [1.807, 2.05) is 26.2 Å². The lowest BCUT2D eigenvalue weighted by molar-refractivity contribution is -0.139. The summed E-state index contributed by atoms with van der Waals surface area (Å²) in [6, 6.07) is -0.862. The van der Waals surface area contributed by atoms with E-state index in [1.165, 1.54) is 11.8 Å². The molecule has 0 unspecified atom stereocenters. The first kappa shape index (κ1) is 13.5. The van der Waals surface area contributed by atoms with Gasteiger partial charge in [0.1, 0.15) is 11.0 Å². The van der Waals surface area contributed by atoms with Gasteiger partial charge in [-0.2, -0.15) is 0 Å². The summed E-state index contributed by atoms with van der Waals surface area (Å²) in [5, 5.41) is 11.9. The number of thiazole rings is 1. The maximum absolute atomic E-state index is 10.8. The van der Waals surface area contributed by atoms with Gasteiger partial charge in [0.2, 0.25) is 0 Å². The van der Waals surface area contributed by atoms with Crippen LogP contribution >= 0.6 is 23.1 Å². The van der Waals surface area contributed by atoms with Crippen LogP contribution in [0.15, 0.2) is 5.38 Å². The van der Waals surface area contributed by atoms with Gasteiger partial charge in [0.05, 0.1) is 0 Å². The van der Waals surface area contributed by atoms with Gasteiger partial charge in [-0.3, -0.25) is 4.79 Å². The molecule has 0 radical (unpaired) electrons. The molecule has 0 aliphatic heterocycles. The summed E-state index contributed by atoms with van der Waals surface area (Å²) in [5.41, 5.74) is 6.63. The van der Waals surface area contributed by atoms with Gasteiger partial charge in [0.25, 0.3) is 0 Å². The Morgan fingerprint density at radius 1 is 1.75 bits per heavy atom. The number of nitrogens with zero attached hydrogens (tertiary/aromatic N) is 1. The molecule has 4 nitrogen and oxygen atoms in total. The fraction of sp³-hybridized carbons (Fsp3) is 0.600. The van der Waals surface area contributed by atoms with Gasteiger partial charge in [0, 0.05) is 21.6 Å². The van der Waals surface area contributed by atoms with E-state index in [0.717, 1.165) is 10.7 Å². The molecular formula is C10H16N2O2S2. The number of aryl methyl sites for hydroxylation is 1. The summed E-state index contributed by atoms with van der Waals surface area (Å²) in [7, 11) is 0. The molecule has 1 rings (SSSR count). The Bertz CT molecular complexity index is 377. The third-order valence-corrected chi connectivity index (χ3v) is 4.81. The Morgan fingerprint density at radius 2 is 2.38 bits per heavy atom. The van der Waals surface area contributed by atoms with Crippen molar-refractivity contribution < 1.29 is 9.90 Å². The minimum Gasteiger partial charge on any atom is -0.480 e. The SMILES string of the molecule is Cc1csc(CSC(C)(C)[C@@H](N)C(=O)O)n1. The first-order valence-electron chi connectivity index (χ1n) is 4.86. The van der Waals surface area contributed by atoms with Crippen molar-refractivity contribution in [2.45, 2.75) is 37.3 Å². The van der Waals surface area contributed by atoms with Gasteiger partial charge in [-0.15, -0.1) is 23.1 Å². The molecule has 16 heavy (non-hydrogen) atoms. The third kappa shape index (κ3) is 3.47. The zero-order chi connectivity index (χ0) is 12.3. The van der Waals surface area contributed by atoms with E-state index < -0.39 is 16.8 Å². The number of aliphatic carboxylic acids is 1. The van der Waals surface area contributed by atoms with Gasteiger partial charge in [-0.1, -0.05) is 0 Å². The lowest BCUT2D eigenvalue weighted by Gasteiger charge is -2.27. The number of rotatable bonds is 5. The predicted octanol–water partition coefficient (Wildman–Crippen LogP) is 1.88. The number of nitrogens with two attached hydrogens (primary N) is 1. The number of carboxylic acid groups (broad SMARTS) is 1. The predicted molar refractivity (Wildman–Crippen MR) is 67.8 cm³/mol. The number of aromatic nitrogens is 1. The van der Waals surface area contributed by atoms with Gasteiger partial charge < -0.3 is 10.8 Å². The average molecular weight is 260 g/mol. The molecule has 1 aromatic rings. The second-order valence-corrected chi connectivity index (χ2v) is 6.66. The maximum Gasteiger partial charge on any atom is 0.321 e. The Balaban J connectivity index is 2.57. The lowest BCUT2D eigenvalue weighted by Crippen LogP contribution is -2.46. The lowest BCUT2D eigenvalue weighted by atomic mass is 10.1. The van der Waals surface area contributed by atoms with Crippen molar-refractivity contribution in [1.29, 1.82) is 0 Å². The molecule has 0 fully saturated rings. The smallest absolute Gasteiger partial charge is 0.321 e. The first-order chi connectivity index (χ1) is 7.33. The number of thioether (sulfide) groups is 1. The van der Waals surface area contributed by atoms with Crippen LogP contribution in [0.2, 0.25) is 0 Å². The summed E-state index contributed by atoms with van der Waals surface area (Å²) in [6.45, 7) is 5.63. The summed E-state index contributed by atoms with van der Waals surface area (Å²) in [4.78, 5) is 15.1. The first-order valence-corrected chi connectivity index (χ1v) is 6.73. The second-order valence-electron chi connectivity index (χ2n) is 4.09. The van der Waals surface area contributed by atoms with Crippen LogP contribution in [0.3, 0.4) is 0 Å². The van der Waals surface area contributed by atoms with Crippen molar-refractivity contribution in [3.63, 3.8) is 0 Å². The molecule has 0 saturated heterocycles. The summed E-state index contributed by atoms with van der Waals surface area (Å²) < 4.78 is -0.495.